The van der Waals surface area contributed by atoms with Gasteiger partial charge in [0.15, 0.2) is 0 Å². The molecule has 1 aliphatic rings. The van der Waals surface area contributed by atoms with Crippen LogP contribution in [-0.4, -0.2) is 49.5 Å². The van der Waals surface area contributed by atoms with Gasteiger partial charge in [-0.3, -0.25) is 4.79 Å². The van der Waals surface area contributed by atoms with Gasteiger partial charge in [0.1, 0.15) is 0 Å². The Labute approximate surface area is 137 Å². The number of sulfonamides is 1. The lowest BCUT2D eigenvalue weighted by Crippen LogP contribution is -2.50. The summed E-state index contributed by atoms with van der Waals surface area (Å²) in [5.74, 6) is -0.156. The molecule has 2 rings (SSSR count). The molecule has 6 nitrogen and oxygen atoms in total. The number of hydrogen-bond acceptors (Lipinski definition) is 4. The molecule has 0 radical (unpaired) electrons. The SMILES string of the molecule is CNC(=O)CC[C@]1(O)CCCN(S(=O)(=O)c2ccc(C)cc2)C1. The third-order valence-electron chi connectivity index (χ3n) is 4.28. The Hall–Kier alpha value is -1.44. The molecule has 1 saturated heterocycles. The molecule has 1 atom stereocenters. The molecule has 1 aromatic rings. The third kappa shape index (κ3) is 4.31. The molecule has 0 bridgehead atoms. The van der Waals surface area contributed by atoms with E-state index >= 15 is 0 Å². The molecule has 0 saturated carbocycles. The van der Waals surface area contributed by atoms with Crippen molar-refractivity contribution in [3.8, 4) is 0 Å². The number of piperidine rings is 1. The predicted octanol–water partition coefficient (Wildman–Crippen LogP) is 1.04. The van der Waals surface area contributed by atoms with E-state index in [0.29, 0.717) is 19.4 Å². The van der Waals surface area contributed by atoms with Crippen LogP contribution in [0.2, 0.25) is 0 Å². The van der Waals surface area contributed by atoms with E-state index in [-0.39, 0.29) is 30.2 Å². The van der Waals surface area contributed by atoms with Crippen LogP contribution in [0.15, 0.2) is 29.2 Å². The first-order chi connectivity index (χ1) is 10.8. The standard InChI is InChI=1S/C16H24N2O4S/c1-13-4-6-14(7-5-13)23(21,22)18-11-3-9-16(20,12-18)10-8-15(19)17-2/h4-7,20H,3,8-12H2,1-2H3,(H,17,19)/t16-/m1/s1. The fraction of sp³-hybridized carbons (Fsp3) is 0.562. The Balaban J connectivity index is 2.13. The maximum Gasteiger partial charge on any atom is 0.243 e. The summed E-state index contributed by atoms with van der Waals surface area (Å²) in [6.07, 6.45) is 1.53. The highest BCUT2D eigenvalue weighted by molar-refractivity contribution is 7.89. The number of carbonyl (C=O) groups excluding carboxylic acids is 1. The largest absolute Gasteiger partial charge is 0.388 e. The van der Waals surface area contributed by atoms with E-state index in [9.17, 15) is 18.3 Å². The highest BCUT2D eigenvalue weighted by Gasteiger charge is 2.38. The van der Waals surface area contributed by atoms with Crippen molar-refractivity contribution < 1.29 is 18.3 Å². The summed E-state index contributed by atoms with van der Waals surface area (Å²) in [7, 11) is -2.08. The minimum absolute atomic E-state index is 0.0280. The van der Waals surface area contributed by atoms with E-state index in [1.54, 1.807) is 31.3 Å². The van der Waals surface area contributed by atoms with Crippen LogP contribution in [0.1, 0.15) is 31.2 Å². The van der Waals surface area contributed by atoms with Gasteiger partial charge in [-0.05, 0) is 38.3 Å². The van der Waals surface area contributed by atoms with Crippen molar-refractivity contribution >= 4 is 15.9 Å². The Kier molecular flexibility index (Phi) is 5.44. The van der Waals surface area contributed by atoms with Gasteiger partial charge in [0.25, 0.3) is 0 Å². The van der Waals surface area contributed by atoms with E-state index in [4.69, 9.17) is 0 Å². The lowest BCUT2D eigenvalue weighted by atomic mass is 9.89. The molecule has 1 fully saturated rings. The third-order valence-corrected chi connectivity index (χ3v) is 6.13. The smallest absolute Gasteiger partial charge is 0.243 e. The quantitative estimate of drug-likeness (QED) is 0.838. The van der Waals surface area contributed by atoms with Crippen molar-refractivity contribution in [1.29, 1.82) is 0 Å². The molecule has 0 aliphatic carbocycles. The molecular weight excluding hydrogens is 316 g/mol. The normalized spacial score (nSPS) is 22.7. The first-order valence-corrected chi connectivity index (χ1v) is 9.21. The Morgan fingerprint density at radius 2 is 2.00 bits per heavy atom. The summed E-state index contributed by atoms with van der Waals surface area (Å²) < 4.78 is 26.8. The number of nitrogens with zero attached hydrogens (tertiary/aromatic N) is 1. The van der Waals surface area contributed by atoms with E-state index in [1.165, 1.54) is 4.31 Å². The second-order valence-corrected chi connectivity index (χ2v) is 8.09. The van der Waals surface area contributed by atoms with Crippen LogP contribution in [0.3, 0.4) is 0 Å². The molecule has 1 amide bonds. The van der Waals surface area contributed by atoms with Crippen LogP contribution in [0.5, 0.6) is 0 Å². The molecule has 1 aliphatic heterocycles. The van der Waals surface area contributed by atoms with Crippen LogP contribution < -0.4 is 5.32 Å². The van der Waals surface area contributed by atoms with Crippen LogP contribution in [0.25, 0.3) is 0 Å². The number of amides is 1. The predicted molar refractivity (Wildman–Crippen MR) is 87.4 cm³/mol. The van der Waals surface area contributed by atoms with Gasteiger partial charge in [-0.25, -0.2) is 8.42 Å². The average Bonchev–Trinajstić information content (AvgIpc) is 2.53. The van der Waals surface area contributed by atoms with Crippen LogP contribution in [0, 0.1) is 6.92 Å². The summed E-state index contributed by atoms with van der Waals surface area (Å²) in [4.78, 5) is 11.6. The molecule has 1 aromatic carbocycles. The number of aryl methyl sites for hydroxylation is 1. The monoisotopic (exact) mass is 340 g/mol. The summed E-state index contributed by atoms with van der Waals surface area (Å²) in [6.45, 7) is 2.31. The van der Waals surface area contributed by atoms with Crippen LogP contribution in [-0.2, 0) is 14.8 Å². The second kappa shape index (κ2) is 6.98. The van der Waals surface area contributed by atoms with Crippen molar-refractivity contribution in [2.75, 3.05) is 20.1 Å². The number of aliphatic hydroxyl groups is 1. The molecule has 0 aromatic heterocycles. The fourth-order valence-corrected chi connectivity index (χ4v) is 4.37. The Bertz CT molecular complexity index is 657. The number of benzene rings is 1. The highest BCUT2D eigenvalue weighted by Crippen LogP contribution is 2.29. The summed E-state index contributed by atoms with van der Waals surface area (Å²) in [5.41, 5.74) is -0.160. The number of β-amino-alcohol motifs (C(OH)–C–C–N with tert-alkyl or cyclic N) is 1. The molecule has 0 spiro atoms. The molecule has 2 N–H and O–H groups in total. The molecule has 7 heteroatoms. The molecule has 128 valence electrons. The maximum absolute atomic E-state index is 12.7. The van der Waals surface area contributed by atoms with Crippen molar-refractivity contribution in [1.82, 2.24) is 9.62 Å². The van der Waals surface area contributed by atoms with Gasteiger partial charge in [-0.2, -0.15) is 4.31 Å². The zero-order valence-corrected chi connectivity index (χ0v) is 14.4. The van der Waals surface area contributed by atoms with E-state index in [2.05, 4.69) is 5.32 Å². The molecule has 1 heterocycles. The summed E-state index contributed by atoms with van der Waals surface area (Å²) in [6, 6.07) is 6.69. The maximum atomic E-state index is 12.7. The van der Waals surface area contributed by atoms with Gasteiger partial charge in [0.05, 0.1) is 10.5 Å². The van der Waals surface area contributed by atoms with Gasteiger partial charge < -0.3 is 10.4 Å². The van der Waals surface area contributed by atoms with E-state index < -0.39 is 15.6 Å². The Morgan fingerprint density at radius 3 is 2.61 bits per heavy atom. The van der Waals surface area contributed by atoms with Crippen LogP contribution >= 0.6 is 0 Å². The topological polar surface area (TPSA) is 86.7 Å². The fourth-order valence-electron chi connectivity index (χ4n) is 2.81. The highest BCUT2D eigenvalue weighted by atomic mass is 32.2. The number of nitrogens with one attached hydrogen (secondary N) is 1. The number of hydrogen-bond donors (Lipinski definition) is 2. The van der Waals surface area contributed by atoms with Gasteiger partial charge in [-0.1, -0.05) is 17.7 Å². The summed E-state index contributed by atoms with van der Waals surface area (Å²) in [5, 5.41) is 13.2. The van der Waals surface area contributed by atoms with Crippen LogP contribution in [0.4, 0.5) is 0 Å². The van der Waals surface area contributed by atoms with Gasteiger partial charge in [0, 0.05) is 26.6 Å². The van der Waals surface area contributed by atoms with Gasteiger partial charge in [0.2, 0.25) is 15.9 Å². The molecule has 0 unspecified atom stereocenters. The zero-order valence-electron chi connectivity index (χ0n) is 13.6. The molecule has 23 heavy (non-hydrogen) atoms. The second-order valence-electron chi connectivity index (χ2n) is 6.15. The summed E-state index contributed by atoms with van der Waals surface area (Å²) >= 11 is 0. The minimum Gasteiger partial charge on any atom is -0.388 e. The van der Waals surface area contributed by atoms with Crippen molar-refractivity contribution in [2.24, 2.45) is 0 Å². The lowest BCUT2D eigenvalue weighted by Gasteiger charge is -2.38. The van der Waals surface area contributed by atoms with E-state index in [1.807, 2.05) is 6.92 Å². The number of rotatable bonds is 5. The first-order valence-electron chi connectivity index (χ1n) is 7.77. The number of carbonyl (C=O) groups is 1. The van der Waals surface area contributed by atoms with Crippen molar-refractivity contribution in [3.05, 3.63) is 29.8 Å². The lowest BCUT2D eigenvalue weighted by molar-refractivity contribution is -0.122. The van der Waals surface area contributed by atoms with E-state index in [0.717, 1.165) is 5.56 Å². The first kappa shape index (κ1) is 17.9. The average molecular weight is 340 g/mol. The van der Waals surface area contributed by atoms with Gasteiger partial charge in [-0.15, -0.1) is 0 Å². The minimum atomic E-state index is -3.62. The Morgan fingerprint density at radius 1 is 1.35 bits per heavy atom. The zero-order chi connectivity index (χ0) is 17.1. The van der Waals surface area contributed by atoms with Crippen molar-refractivity contribution in [2.45, 2.75) is 43.1 Å². The molecular formula is C16H24N2O4S. The van der Waals surface area contributed by atoms with Gasteiger partial charge >= 0.3 is 0 Å². The van der Waals surface area contributed by atoms with Crippen molar-refractivity contribution in [3.63, 3.8) is 0 Å².